The van der Waals surface area contributed by atoms with Gasteiger partial charge >= 0.3 is 0 Å². The average molecular weight is 326 g/mol. The molecule has 0 unspecified atom stereocenters. The Morgan fingerprint density at radius 2 is 1.81 bits per heavy atom. The van der Waals surface area contributed by atoms with E-state index < -0.39 is 4.92 Å². The van der Waals surface area contributed by atoms with Crippen molar-refractivity contribution < 1.29 is 14.5 Å². The highest BCUT2D eigenvalue weighted by Crippen LogP contribution is 2.40. The van der Waals surface area contributed by atoms with Gasteiger partial charge < -0.3 is 4.74 Å². The molecule has 0 saturated carbocycles. The maximum absolute atomic E-state index is 10.7. The van der Waals surface area contributed by atoms with Gasteiger partial charge in [0.25, 0.3) is 5.69 Å². The number of non-ortho nitro benzene ring substituents is 1. The zero-order valence-corrected chi connectivity index (χ0v) is 12.3. The van der Waals surface area contributed by atoms with Crippen LogP contribution in [0.15, 0.2) is 30.3 Å². The van der Waals surface area contributed by atoms with Gasteiger partial charge in [-0.25, -0.2) is 0 Å². The molecule has 5 nitrogen and oxygen atoms in total. The van der Waals surface area contributed by atoms with E-state index in [4.69, 9.17) is 27.9 Å². The van der Waals surface area contributed by atoms with Gasteiger partial charge in [-0.3, -0.25) is 14.9 Å². The summed E-state index contributed by atoms with van der Waals surface area (Å²) in [5.74, 6) is 0.587. The molecule has 0 bridgehead atoms. The number of aryl methyl sites for hydroxylation is 1. The molecule has 0 aromatic heterocycles. The Bertz CT molecular complexity index is 708. The summed E-state index contributed by atoms with van der Waals surface area (Å²) in [6.45, 7) is 1.76. The lowest BCUT2D eigenvalue weighted by atomic mass is 10.1. The predicted octanol–water partition coefficient (Wildman–Crippen LogP) is 4.81. The Kier molecular flexibility index (Phi) is 4.45. The summed E-state index contributed by atoms with van der Waals surface area (Å²) >= 11 is 11.9. The second kappa shape index (κ2) is 6.11. The summed E-state index contributed by atoms with van der Waals surface area (Å²) in [4.78, 5) is 20.8. The largest absolute Gasteiger partial charge is 0.454 e. The number of rotatable bonds is 4. The van der Waals surface area contributed by atoms with E-state index in [1.807, 2.05) is 0 Å². The van der Waals surface area contributed by atoms with E-state index in [2.05, 4.69) is 0 Å². The van der Waals surface area contributed by atoms with Crippen molar-refractivity contribution in [1.82, 2.24) is 0 Å². The van der Waals surface area contributed by atoms with Crippen LogP contribution in [0.2, 0.25) is 10.0 Å². The number of ether oxygens (including phenoxy) is 1. The number of carbonyl (C=O) groups is 1. The van der Waals surface area contributed by atoms with Crippen LogP contribution >= 0.6 is 23.2 Å². The molecule has 0 N–H and O–H groups in total. The summed E-state index contributed by atoms with van der Waals surface area (Å²) in [5, 5.41) is 10.8. The van der Waals surface area contributed by atoms with Crippen LogP contribution < -0.4 is 4.74 Å². The van der Waals surface area contributed by atoms with Crippen molar-refractivity contribution in [3.63, 3.8) is 0 Å². The number of aldehydes is 1. The summed E-state index contributed by atoms with van der Waals surface area (Å²) < 4.78 is 5.60. The fraction of sp³-hybridized carbons (Fsp3) is 0.0714. The molecule has 0 atom stereocenters. The average Bonchev–Trinajstić information content (AvgIpc) is 2.43. The zero-order valence-electron chi connectivity index (χ0n) is 10.8. The van der Waals surface area contributed by atoms with Crippen LogP contribution in [-0.2, 0) is 0 Å². The molecule has 0 aliphatic heterocycles. The Morgan fingerprint density at radius 3 is 2.29 bits per heavy atom. The molecule has 2 aromatic rings. The number of carbonyl (C=O) groups excluding carboxylic acids is 1. The van der Waals surface area contributed by atoms with Crippen molar-refractivity contribution in [2.75, 3.05) is 0 Å². The highest BCUT2D eigenvalue weighted by atomic mass is 35.5. The van der Waals surface area contributed by atoms with Crippen molar-refractivity contribution in [1.29, 1.82) is 0 Å². The molecule has 108 valence electrons. The standard InChI is InChI=1S/C14H9Cl2NO4/c1-8-4-9(7-18)2-3-13(8)21-14-11(15)5-10(17(19)20)6-12(14)16/h2-7H,1H3. The first-order chi connectivity index (χ1) is 9.92. The monoisotopic (exact) mass is 325 g/mol. The number of hydrogen-bond donors (Lipinski definition) is 0. The van der Waals surface area contributed by atoms with Crippen LogP contribution in [0.3, 0.4) is 0 Å². The number of nitrogens with zero attached hydrogens (tertiary/aromatic N) is 1. The van der Waals surface area contributed by atoms with Gasteiger partial charge in [0, 0.05) is 17.7 Å². The van der Waals surface area contributed by atoms with E-state index in [0.717, 1.165) is 18.4 Å². The third-order valence-electron chi connectivity index (χ3n) is 2.74. The molecule has 7 heteroatoms. The molecule has 0 heterocycles. The van der Waals surface area contributed by atoms with Gasteiger partial charge in [-0.2, -0.15) is 0 Å². The van der Waals surface area contributed by atoms with Gasteiger partial charge in [0.2, 0.25) is 0 Å². The first-order valence-electron chi connectivity index (χ1n) is 5.79. The SMILES string of the molecule is Cc1cc(C=O)ccc1Oc1c(Cl)cc([N+](=O)[O-])cc1Cl. The van der Waals surface area contributed by atoms with E-state index in [9.17, 15) is 14.9 Å². The topological polar surface area (TPSA) is 69.4 Å². The molecule has 0 amide bonds. The molecule has 0 radical (unpaired) electrons. The van der Waals surface area contributed by atoms with E-state index >= 15 is 0 Å². The minimum absolute atomic E-state index is 0.0352. The third-order valence-corrected chi connectivity index (χ3v) is 3.30. The quantitative estimate of drug-likeness (QED) is 0.459. The summed E-state index contributed by atoms with van der Waals surface area (Å²) in [6, 6.07) is 7.17. The van der Waals surface area contributed by atoms with Gasteiger partial charge in [0.15, 0.2) is 5.75 Å². The van der Waals surface area contributed by atoms with E-state index in [1.165, 1.54) is 0 Å². The van der Waals surface area contributed by atoms with Gasteiger partial charge in [-0.1, -0.05) is 23.2 Å². The predicted molar refractivity (Wildman–Crippen MR) is 79.8 cm³/mol. The number of nitro groups is 1. The molecule has 0 fully saturated rings. The fourth-order valence-electron chi connectivity index (χ4n) is 1.72. The first-order valence-corrected chi connectivity index (χ1v) is 6.55. The molecule has 21 heavy (non-hydrogen) atoms. The molecular weight excluding hydrogens is 317 g/mol. The maximum Gasteiger partial charge on any atom is 0.272 e. The second-order valence-electron chi connectivity index (χ2n) is 4.24. The van der Waals surface area contributed by atoms with Crippen LogP contribution in [0.5, 0.6) is 11.5 Å². The number of hydrogen-bond acceptors (Lipinski definition) is 4. The second-order valence-corrected chi connectivity index (χ2v) is 5.05. The van der Waals surface area contributed by atoms with E-state index in [0.29, 0.717) is 16.9 Å². The Balaban J connectivity index is 2.40. The summed E-state index contributed by atoms with van der Waals surface area (Å²) in [7, 11) is 0. The maximum atomic E-state index is 10.7. The lowest BCUT2D eigenvalue weighted by Gasteiger charge is -2.11. The van der Waals surface area contributed by atoms with Crippen molar-refractivity contribution in [2.45, 2.75) is 6.92 Å². The van der Waals surface area contributed by atoms with E-state index in [-0.39, 0.29) is 21.5 Å². The normalized spacial score (nSPS) is 10.2. The van der Waals surface area contributed by atoms with Crippen LogP contribution in [0, 0.1) is 17.0 Å². The van der Waals surface area contributed by atoms with E-state index in [1.54, 1.807) is 25.1 Å². The summed E-state index contributed by atoms with van der Waals surface area (Å²) in [5.41, 5.74) is 1.01. The minimum atomic E-state index is -0.592. The van der Waals surface area contributed by atoms with Crippen molar-refractivity contribution in [3.8, 4) is 11.5 Å². The van der Waals surface area contributed by atoms with Crippen molar-refractivity contribution >= 4 is 35.2 Å². The molecule has 0 saturated heterocycles. The van der Waals surface area contributed by atoms with Crippen molar-refractivity contribution in [2.24, 2.45) is 0 Å². The van der Waals surface area contributed by atoms with Gasteiger partial charge in [-0.05, 0) is 30.7 Å². The van der Waals surface area contributed by atoms with Crippen LogP contribution in [0.1, 0.15) is 15.9 Å². The highest BCUT2D eigenvalue weighted by Gasteiger charge is 2.17. The smallest absolute Gasteiger partial charge is 0.272 e. The van der Waals surface area contributed by atoms with Crippen molar-refractivity contribution in [3.05, 3.63) is 61.6 Å². The Morgan fingerprint density at radius 1 is 1.19 bits per heavy atom. The van der Waals surface area contributed by atoms with Gasteiger partial charge in [0.1, 0.15) is 12.0 Å². The lowest BCUT2D eigenvalue weighted by molar-refractivity contribution is -0.384. The Hall–Kier alpha value is -2.11. The first kappa shape index (κ1) is 15.3. The minimum Gasteiger partial charge on any atom is -0.454 e. The number of benzene rings is 2. The molecule has 0 aliphatic carbocycles. The molecule has 0 aliphatic rings. The van der Waals surface area contributed by atoms with Crippen LogP contribution in [0.25, 0.3) is 0 Å². The molecule has 0 spiro atoms. The number of nitro benzene ring substituents is 1. The zero-order chi connectivity index (χ0) is 15.6. The molecular formula is C14H9Cl2NO4. The summed E-state index contributed by atoms with van der Waals surface area (Å²) in [6.07, 6.45) is 0.725. The fourth-order valence-corrected chi connectivity index (χ4v) is 2.27. The molecule has 2 aromatic carbocycles. The van der Waals surface area contributed by atoms with Gasteiger partial charge in [-0.15, -0.1) is 0 Å². The lowest BCUT2D eigenvalue weighted by Crippen LogP contribution is -1.93. The molecule has 2 rings (SSSR count). The van der Waals surface area contributed by atoms with Crippen LogP contribution in [-0.4, -0.2) is 11.2 Å². The highest BCUT2D eigenvalue weighted by molar-refractivity contribution is 6.37. The van der Waals surface area contributed by atoms with Gasteiger partial charge in [0.05, 0.1) is 15.0 Å². The Labute approximate surface area is 130 Å². The number of halogens is 2. The third kappa shape index (κ3) is 3.32. The van der Waals surface area contributed by atoms with Crippen LogP contribution in [0.4, 0.5) is 5.69 Å².